The van der Waals surface area contributed by atoms with Gasteiger partial charge in [-0.05, 0) is 12.8 Å². The van der Waals surface area contributed by atoms with Crippen molar-refractivity contribution in [3.63, 3.8) is 0 Å². The topological polar surface area (TPSA) is 0 Å². The first kappa shape index (κ1) is 11.8. The Balaban J connectivity index is 1.78. The van der Waals surface area contributed by atoms with Gasteiger partial charge in [-0.1, -0.05) is 67.0 Å². The summed E-state index contributed by atoms with van der Waals surface area (Å²) >= 11 is 0. The molecule has 2 heteroatoms. The first-order chi connectivity index (χ1) is 6.43. The molecule has 1 unspecified atom stereocenters. The second-order valence-corrected chi connectivity index (χ2v) is 6.67. The van der Waals surface area contributed by atoms with Gasteiger partial charge < -0.3 is 0 Å². The monoisotopic (exact) mass is 218 g/mol. The van der Waals surface area contributed by atoms with E-state index < -0.39 is 0 Å². The lowest BCUT2D eigenvalue weighted by Crippen LogP contribution is -1.96. The van der Waals surface area contributed by atoms with Crippen LogP contribution in [0.4, 0.5) is 0 Å². The van der Waals surface area contributed by atoms with Gasteiger partial charge in [-0.15, -0.1) is 0 Å². The molecule has 0 spiro atoms. The van der Waals surface area contributed by atoms with Crippen LogP contribution in [0.1, 0.15) is 58.3 Å². The SMILES string of the molecule is CCCCCCCCC1CCSS1. The van der Waals surface area contributed by atoms with Crippen molar-refractivity contribution < 1.29 is 0 Å². The van der Waals surface area contributed by atoms with Crippen LogP contribution in [0, 0.1) is 0 Å². The Morgan fingerprint density at radius 3 is 2.54 bits per heavy atom. The third kappa shape index (κ3) is 5.90. The van der Waals surface area contributed by atoms with E-state index in [1.807, 2.05) is 0 Å². The lowest BCUT2D eigenvalue weighted by molar-refractivity contribution is 0.580. The van der Waals surface area contributed by atoms with Crippen molar-refractivity contribution in [2.75, 3.05) is 5.75 Å². The van der Waals surface area contributed by atoms with E-state index >= 15 is 0 Å². The number of hydrogen-bond acceptors (Lipinski definition) is 2. The van der Waals surface area contributed by atoms with Crippen LogP contribution in [-0.4, -0.2) is 11.0 Å². The van der Waals surface area contributed by atoms with E-state index in [4.69, 9.17) is 0 Å². The normalized spacial score (nSPS) is 22.4. The maximum atomic E-state index is 2.28. The summed E-state index contributed by atoms with van der Waals surface area (Å²) in [5.41, 5.74) is 0. The van der Waals surface area contributed by atoms with Crippen LogP contribution < -0.4 is 0 Å². The number of rotatable bonds is 7. The Bertz CT molecular complexity index is 109. The summed E-state index contributed by atoms with van der Waals surface area (Å²) in [5, 5.41) is 0.996. The summed E-state index contributed by atoms with van der Waals surface area (Å²) in [6, 6.07) is 0. The minimum Gasteiger partial charge on any atom is -0.0938 e. The van der Waals surface area contributed by atoms with Gasteiger partial charge in [-0.2, -0.15) is 0 Å². The van der Waals surface area contributed by atoms with Gasteiger partial charge in [-0.25, -0.2) is 0 Å². The van der Waals surface area contributed by atoms with E-state index in [0.29, 0.717) is 0 Å². The van der Waals surface area contributed by atoms with Gasteiger partial charge in [-0.3, -0.25) is 0 Å². The maximum Gasteiger partial charge on any atom is 0.0159 e. The average Bonchev–Trinajstić information content (AvgIpc) is 2.63. The van der Waals surface area contributed by atoms with Crippen molar-refractivity contribution in [1.82, 2.24) is 0 Å². The summed E-state index contributed by atoms with van der Waals surface area (Å²) in [6.07, 6.45) is 11.6. The lowest BCUT2D eigenvalue weighted by Gasteiger charge is -2.06. The highest BCUT2D eigenvalue weighted by atomic mass is 33.1. The quantitative estimate of drug-likeness (QED) is 0.441. The second-order valence-electron chi connectivity index (χ2n) is 3.89. The molecule has 1 aliphatic heterocycles. The highest BCUT2D eigenvalue weighted by molar-refractivity contribution is 8.77. The number of unbranched alkanes of at least 4 members (excludes halogenated alkanes) is 5. The zero-order valence-corrected chi connectivity index (χ0v) is 10.4. The molecule has 1 fully saturated rings. The summed E-state index contributed by atoms with van der Waals surface area (Å²) in [6.45, 7) is 2.28. The van der Waals surface area contributed by atoms with E-state index in [1.54, 1.807) is 0 Å². The minimum atomic E-state index is 0.996. The molecule has 0 bridgehead atoms. The molecule has 0 radical (unpaired) electrons. The standard InChI is InChI=1S/C11H22S2/c1-2-3-4-5-6-7-8-11-9-10-12-13-11/h11H,2-10H2,1H3. The maximum absolute atomic E-state index is 2.28. The molecule has 1 aliphatic rings. The Labute approximate surface area is 91.0 Å². The lowest BCUT2D eigenvalue weighted by atomic mass is 10.1. The molecule has 0 aromatic carbocycles. The van der Waals surface area contributed by atoms with Crippen LogP contribution in [0.15, 0.2) is 0 Å². The predicted octanol–water partition coefficient (Wildman–Crippen LogP) is 4.89. The van der Waals surface area contributed by atoms with E-state index in [9.17, 15) is 0 Å². The Kier molecular flexibility index (Phi) is 7.29. The molecule has 0 amide bonds. The van der Waals surface area contributed by atoms with Crippen molar-refractivity contribution in [1.29, 1.82) is 0 Å². The van der Waals surface area contributed by atoms with E-state index in [2.05, 4.69) is 28.5 Å². The molecule has 0 N–H and O–H groups in total. The zero-order chi connectivity index (χ0) is 9.36. The van der Waals surface area contributed by atoms with Crippen molar-refractivity contribution in [3.8, 4) is 0 Å². The minimum absolute atomic E-state index is 0.996. The van der Waals surface area contributed by atoms with Gasteiger partial charge in [0.1, 0.15) is 0 Å². The van der Waals surface area contributed by atoms with E-state index in [1.165, 1.54) is 57.1 Å². The fourth-order valence-electron chi connectivity index (χ4n) is 1.72. The van der Waals surface area contributed by atoms with Crippen molar-refractivity contribution in [2.24, 2.45) is 0 Å². The molecular formula is C11H22S2. The van der Waals surface area contributed by atoms with E-state index in [-0.39, 0.29) is 0 Å². The molecule has 0 saturated carbocycles. The molecule has 0 aliphatic carbocycles. The molecule has 1 heterocycles. The molecule has 0 nitrogen and oxygen atoms in total. The Morgan fingerprint density at radius 1 is 1.08 bits per heavy atom. The van der Waals surface area contributed by atoms with Gasteiger partial charge in [0, 0.05) is 11.0 Å². The highest BCUT2D eigenvalue weighted by Crippen LogP contribution is 2.39. The van der Waals surface area contributed by atoms with Gasteiger partial charge >= 0.3 is 0 Å². The van der Waals surface area contributed by atoms with Crippen LogP contribution in [0.25, 0.3) is 0 Å². The van der Waals surface area contributed by atoms with E-state index in [0.717, 1.165) is 5.25 Å². The first-order valence-corrected chi connectivity index (χ1v) is 8.10. The van der Waals surface area contributed by atoms with Crippen LogP contribution in [0.2, 0.25) is 0 Å². The fraction of sp³-hybridized carbons (Fsp3) is 1.00. The number of hydrogen-bond donors (Lipinski definition) is 0. The summed E-state index contributed by atoms with van der Waals surface area (Å²) in [4.78, 5) is 0. The van der Waals surface area contributed by atoms with Crippen LogP contribution in [0.3, 0.4) is 0 Å². The Morgan fingerprint density at radius 2 is 1.85 bits per heavy atom. The Hall–Kier alpha value is 0.700. The third-order valence-corrected chi connectivity index (χ3v) is 5.61. The molecule has 13 heavy (non-hydrogen) atoms. The summed E-state index contributed by atoms with van der Waals surface area (Å²) in [5.74, 6) is 1.39. The summed E-state index contributed by atoms with van der Waals surface area (Å²) < 4.78 is 0. The molecular weight excluding hydrogens is 196 g/mol. The fourth-order valence-corrected chi connectivity index (χ4v) is 4.74. The van der Waals surface area contributed by atoms with Gasteiger partial charge in [0.25, 0.3) is 0 Å². The molecule has 1 saturated heterocycles. The third-order valence-electron chi connectivity index (χ3n) is 2.61. The molecule has 1 rings (SSSR count). The molecule has 0 aromatic heterocycles. The molecule has 78 valence electrons. The largest absolute Gasteiger partial charge is 0.0938 e. The predicted molar refractivity (Wildman–Crippen MR) is 66.4 cm³/mol. The van der Waals surface area contributed by atoms with Crippen molar-refractivity contribution in [2.45, 2.75) is 63.5 Å². The van der Waals surface area contributed by atoms with Gasteiger partial charge in [0.15, 0.2) is 0 Å². The smallest absolute Gasteiger partial charge is 0.0159 e. The van der Waals surface area contributed by atoms with Crippen LogP contribution in [-0.2, 0) is 0 Å². The van der Waals surface area contributed by atoms with Crippen molar-refractivity contribution in [3.05, 3.63) is 0 Å². The first-order valence-electron chi connectivity index (χ1n) is 5.71. The van der Waals surface area contributed by atoms with Crippen LogP contribution in [0.5, 0.6) is 0 Å². The average molecular weight is 218 g/mol. The molecule has 0 aromatic rings. The van der Waals surface area contributed by atoms with Crippen LogP contribution >= 0.6 is 21.6 Å². The molecule has 1 atom stereocenters. The second kappa shape index (κ2) is 8.05. The van der Waals surface area contributed by atoms with Gasteiger partial charge in [0.2, 0.25) is 0 Å². The van der Waals surface area contributed by atoms with Gasteiger partial charge in [0.05, 0.1) is 0 Å². The summed E-state index contributed by atoms with van der Waals surface area (Å²) in [7, 11) is 4.20. The van der Waals surface area contributed by atoms with Crippen molar-refractivity contribution >= 4 is 21.6 Å². The highest BCUT2D eigenvalue weighted by Gasteiger charge is 2.15. The zero-order valence-electron chi connectivity index (χ0n) is 8.76.